The van der Waals surface area contributed by atoms with E-state index < -0.39 is 0 Å². The Morgan fingerprint density at radius 2 is 1.80 bits per heavy atom. The number of rotatable bonds is 2. The molecule has 2 aliphatic rings. The van der Waals surface area contributed by atoms with Crippen LogP contribution in [0.25, 0.3) is 0 Å². The summed E-state index contributed by atoms with van der Waals surface area (Å²) in [5.41, 5.74) is 6.12. The molecule has 2 nitrogen and oxygen atoms in total. The molecule has 1 saturated carbocycles. The molecule has 2 unspecified atom stereocenters. The van der Waals surface area contributed by atoms with Gasteiger partial charge in [0.2, 0.25) is 0 Å². The molecular weight excluding hydrogens is 184 g/mol. The van der Waals surface area contributed by atoms with E-state index in [-0.39, 0.29) is 5.54 Å². The first kappa shape index (κ1) is 11.4. The molecule has 0 amide bonds. The van der Waals surface area contributed by atoms with E-state index in [0.717, 1.165) is 18.5 Å². The van der Waals surface area contributed by atoms with Crippen LogP contribution in [0.2, 0.25) is 0 Å². The van der Waals surface area contributed by atoms with Crippen LogP contribution in [0.4, 0.5) is 0 Å². The normalized spacial score (nSPS) is 33.8. The summed E-state index contributed by atoms with van der Waals surface area (Å²) in [4.78, 5) is 2.67. The molecular formula is C13H26N2. The van der Waals surface area contributed by atoms with Gasteiger partial charge in [0.15, 0.2) is 0 Å². The minimum absolute atomic E-state index is 0.0284. The zero-order chi connectivity index (χ0) is 10.9. The third-order valence-electron chi connectivity index (χ3n) is 3.97. The highest BCUT2D eigenvalue weighted by molar-refractivity contribution is 4.90. The molecule has 1 aliphatic heterocycles. The monoisotopic (exact) mass is 210 g/mol. The van der Waals surface area contributed by atoms with Crippen LogP contribution in [0.15, 0.2) is 0 Å². The lowest BCUT2D eigenvalue weighted by molar-refractivity contribution is 0.0472. The lowest BCUT2D eigenvalue weighted by Gasteiger charge is -2.46. The molecule has 2 rings (SSSR count). The highest BCUT2D eigenvalue weighted by Crippen LogP contribution is 2.35. The van der Waals surface area contributed by atoms with E-state index in [9.17, 15) is 0 Å². The number of nitrogens with two attached hydrogens (primary N) is 1. The van der Waals surface area contributed by atoms with Gasteiger partial charge in [-0.1, -0.05) is 12.8 Å². The van der Waals surface area contributed by atoms with Gasteiger partial charge in [-0.15, -0.1) is 0 Å². The topological polar surface area (TPSA) is 29.3 Å². The molecule has 2 N–H and O–H groups in total. The van der Waals surface area contributed by atoms with Gasteiger partial charge in [-0.05, 0) is 52.0 Å². The van der Waals surface area contributed by atoms with Crippen molar-refractivity contribution in [2.45, 2.75) is 64.0 Å². The Morgan fingerprint density at radius 1 is 1.13 bits per heavy atom. The smallest absolute Gasteiger partial charge is 0.0226 e. The Kier molecular flexibility index (Phi) is 3.36. The Morgan fingerprint density at radius 3 is 2.53 bits per heavy atom. The van der Waals surface area contributed by atoms with Gasteiger partial charge in [-0.3, -0.25) is 4.90 Å². The van der Waals surface area contributed by atoms with Gasteiger partial charge in [0.1, 0.15) is 0 Å². The fourth-order valence-corrected chi connectivity index (χ4v) is 3.45. The highest BCUT2D eigenvalue weighted by atomic mass is 15.2. The van der Waals surface area contributed by atoms with Crippen LogP contribution in [-0.2, 0) is 0 Å². The molecule has 0 aromatic heterocycles. The van der Waals surface area contributed by atoms with Crippen molar-refractivity contribution in [3.63, 3.8) is 0 Å². The first-order chi connectivity index (χ1) is 7.06. The molecule has 0 aromatic rings. The molecule has 0 radical (unpaired) electrons. The number of nitrogens with zero attached hydrogens (tertiary/aromatic N) is 1. The van der Waals surface area contributed by atoms with E-state index in [0.29, 0.717) is 0 Å². The molecule has 0 spiro atoms. The van der Waals surface area contributed by atoms with Gasteiger partial charge >= 0.3 is 0 Å². The zero-order valence-electron chi connectivity index (χ0n) is 10.3. The van der Waals surface area contributed by atoms with Crippen molar-refractivity contribution >= 4 is 0 Å². The average Bonchev–Trinajstić information content (AvgIpc) is 2.16. The standard InChI is InChI=1S/C13H26N2/c1-13(2,14)10-15-9-5-7-11-6-3-4-8-12(11)15/h11-12H,3-10,14H2,1-2H3. The van der Waals surface area contributed by atoms with Gasteiger partial charge in [0.25, 0.3) is 0 Å². The lowest BCUT2D eigenvalue weighted by atomic mass is 9.78. The first-order valence-corrected chi connectivity index (χ1v) is 6.59. The summed E-state index contributed by atoms with van der Waals surface area (Å²) in [5, 5.41) is 0. The molecule has 15 heavy (non-hydrogen) atoms. The van der Waals surface area contributed by atoms with Crippen molar-refractivity contribution in [2.24, 2.45) is 11.7 Å². The third-order valence-corrected chi connectivity index (χ3v) is 3.97. The third kappa shape index (κ3) is 2.94. The summed E-state index contributed by atoms with van der Waals surface area (Å²) >= 11 is 0. The molecule has 2 fully saturated rings. The summed E-state index contributed by atoms with van der Waals surface area (Å²) in [6, 6.07) is 0.857. The van der Waals surface area contributed by atoms with Gasteiger partial charge in [-0.25, -0.2) is 0 Å². The Bertz CT molecular complexity index is 205. The van der Waals surface area contributed by atoms with Crippen LogP contribution in [0.5, 0.6) is 0 Å². The summed E-state index contributed by atoms with van der Waals surface area (Å²) < 4.78 is 0. The Labute approximate surface area is 94.2 Å². The van der Waals surface area contributed by atoms with Crippen molar-refractivity contribution in [2.75, 3.05) is 13.1 Å². The number of piperidine rings is 1. The fraction of sp³-hybridized carbons (Fsp3) is 1.00. The number of hydrogen-bond acceptors (Lipinski definition) is 2. The van der Waals surface area contributed by atoms with Crippen LogP contribution in [-0.4, -0.2) is 29.6 Å². The zero-order valence-corrected chi connectivity index (χ0v) is 10.3. The van der Waals surface area contributed by atoms with Crippen molar-refractivity contribution in [3.8, 4) is 0 Å². The predicted molar refractivity (Wildman–Crippen MR) is 64.8 cm³/mol. The molecule has 2 atom stereocenters. The highest BCUT2D eigenvalue weighted by Gasteiger charge is 2.34. The lowest BCUT2D eigenvalue weighted by Crippen LogP contribution is -2.54. The van der Waals surface area contributed by atoms with E-state index in [4.69, 9.17) is 5.73 Å². The van der Waals surface area contributed by atoms with Crippen LogP contribution < -0.4 is 5.73 Å². The second-order valence-electron chi connectivity index (χ2n) is 6.21. The SMILES string of the molecule is CC(C)(N)CN1CCCC2CCCCC21. The average molecular weight is 210 g/mol. The minimum atomic E-state index is -0.0284. The van der Waals surface area contributed by atoms with Crippen molar-refractivity contribution < 1.29 is 0 Å². The quantitative estimate of drug-likeness (QED) is 0.758. The van der Waals surface area contributed by atoms with Gasteiger partial charge in [0, 0.05) is 18.1 Å². The molecule has 1 saturated heterocycles. The van der Waals surface area contributed by atoms with E-state index >= 15 is 0 Å². The van der Waals surface area contributed by atoms with E-state index in [1.165, 1.54) is 45.1 Å². The van der Waals surface area contributed by atoms with Gasteiger partial charge in [0.05, 0.1) is 0 Å². The van der Waals surface area contributed by atoms with Crippen LogP contribution in [0, 0.1) is 5.92 Å². The molecule has 0 bridgehead atoms. The summed E-state index contributed by atoms with van der Waals surface area (Å²) in [6.07, 6.45) is 8.63. The van der Waals surface area contributed by atoms with E-state index in [1.807, 2.05) is 0 Å². The summed E-state index contributed by atoms with van der Waals surface area (Å²) in [6.45, 7) is 6.66. The minimum Gasteiger partial charge on any atom is -0.324 e. The summed E-state index contributed by atoms with van der Waals surface area (Å²) in [5.74, 6) is 0.981. The number of fused-ring (bicyclic) bond motifs is 1. The van der Waals surface area contributed by atoms with Crippen LogP contribution in [0.1, 0.15) is 52.4 Å². The van der Waals surface area contributed by atoms with Crippen LogP contribution >= 0.6 is 0 Å². The molecule has 0 aromatic carbocycles. The molecule has 2 heteroatoms. The van der Waals surface area contributed by atoms with Crippen molar-refractivity contribution in [1.82, 2.24) is 4.90 Å². The maximum Gasteiger partial charge on any atom is 0.0226 e. The first-order valence-electron chi connectivity index (χ1n) is 6.59. The predicted octanol–water partition coefficient (Wildman–Crippen LogP) is 2.38. The second-order valence-corrected chi connectivity index (χ2v) is 6.21. The Hall–Kier alpha value is -0.0800. The molecule has 1 aliphatic carbocycles. The second kappa shape index (κ2) is 4.42. The number of hydrogen-bond donors (Lipinski definition) is 1. The molecule has 88 valence electrons. The maximum atomic E-state index is 6.15. The van der Waals surface area contributed by atoms with Crippen molar-refractivity contribution in [3.05, 3.63) is 0 Å². The van der Waals surface area contributed by atoms with Crippen molar-refractivity contribution in [1.29, 1.82) is 0 Å². The van der Waals surface area contributed by atoms with Gasteiger partial charge in [-0.2, -0.15) is 0 Å². The van der Waals surface area contributed by atoms with Crippen LogP contribution in [0.3, 0.4) is 0 Å². The van der Waals surface area contributed by atoms with Gasteiger partial charge < -0.3 is 5.73 Å². The fourth-order valence-electron chi connectivity index (χ4n) is 3.45. The number of likely N-dealkylation sites (tertiary alicyclic amines) is 1. The van der Waals surface area contributed by atoms with E-state index in [2.05, 4.69) is 18.7 Å². The Balaban J connectivity index is 1.97. The molecule has 1 heterocycles. The largest absolute Gasteiger partial charge is 0.324 e. The van der Waals surface area contributed by atoms with E-state index in [1.54, 1.807) is 0 Å². The summed E-state index contributed by atoms with van der Waals surface area (Å²) in [7, 11) is 0. The maximum absolute atomic E-state index is 6.15.